The van der Waals surface area contributed by atoms with Gasteiger partial charge in [0.15, 0.2) is 0 Å². The molecule has 1 aromatic carbocycles. The van der Waals surface area contributed by atoms with Crippen LogP contribution in [0.5, 0.6) is 5.75 Å². The summed E-state index contributed by atoms with van der Waals surface area (Å²) in [6, 6.07) is 4.80. The lowest BCUT2D eigenvalue weighted by Gasteiger charge is -2.24. The molecule has 0 aliphatic carbocycles. The first-order chi connectivity index (χ1) is 9.20. The van der Waals surface area contributed by atoms with Gasteiger partial charge in [0.25, 0.3) is 0 Å². The maximum Gasteiger partial charge on any atom is 0.337 e. The molecule has 6 heteroatoms. The van der Waals surface area contributed by atoms with Crippen LogP contribution in [0.15, 0.2) is 18.2 Å². The SMILES string of the molecule is COc1ccc(C(=O)O)c(NCC2COCCO2)c1. The van der Waals surface area contributed by atoms with E-state index in [0.29, 0.717) is 37.8 Å². The van der Waals surface area contributed by atoms with E-state index in [9.17, 15) is 4.79 Å². The minimum absolute atomic E-state index is 0.0680. The highest BCUT2D eigenvalue weighted by Gasteiger charge is 2.16. The van der Waals surface area contributed by atoms with E-state index in [1.807, 2.05) is 0 Å². The molecule has 1 fully saturated rings. The summed E-state index contributed by atoms with van der Waals surface area (Å²) in [6.45, 7) is 2.18. The standard InChI is InChI=1S/C13H17NO5/c1-17-9-2-3-11(13(15)16)12(6-9)14-7-10-8-18-4-5-19-10/h2-3,6,10,14H,4-5,7-8H2,1H3,(H,15,16). The quantitative estimate of drug-likeness (QED) is 0.835. The molecule has 0 saturated carbocycles. The molecule has 1 saturated heterocycles. The zero-order valence-corrected chi connectivity index (χ0v) is 10.7. The molecule has 1 aliphatic heterocycles. The van der Waals surface area contributed by atoms with E-state index in [-0.39, 0.29) is 11.7 Å². The Labute approximate surface area is 111 Å². The number of benzene rings is 1. The number of aromatic carboxylic acids is 1. The first-order valence-corrected chi connectivity index (χ1v) is 6.05. The third-order valence-electron chi connectivity index (χ3n) is 2.86. The van der Waals surface area contributed by atoms with Crippen molar-refractivity contribution >= 4 is 11.7 Å². The summed E-state index contributed by atoms with van der Waals surface area (Å²) in [6.07, 6.45) is -0.0680. The fourth-order valence-electron chi connectivity index (χ4n) is 1.86. The van der Waals surface area contributed by atoms with Crippen molar-refractivity contribution in [3.05, 3.63) is 23.8 Å². The Morgan fingerprint density at radius 1 is 1.53 bits per heavy atom. The highest BCUT2D eigenvalue weighted by molar-refractivity contribution is 5.94. The van der Waals surface area contributed by atoms with E-state index >= 15 is 0 Å². The van der Waals surface area contributed by atoms with Crippen LogP contribution in [0.3, 0.4) is 0 Å². The van der Waals surface area contributed by atoms with E-state index in [2.05, 4.69) is 5.32 Å². The Hall–Kier alpha value is -1.79. The Bertz CT molecular complexity index is 443. The van der Waals surface area contributed by atoms with Crippen molar-refractivity contribution in [3.8, 4) is 5.75 Å². The van der Waals surface area contributed by atoms with Crippen molar-refractivity contribution in [3.63, 3.8) is 0 Å². The molecule has 1 aliphatic rings. The minimum Gasteiger partial charge on any atom is -0.497 e. The summed E-state index contributed by atoms with van der Waals surface area (Å²) >= 11 is 0. The van der Waals surface area contributed by atoms with Crippen LogP contribution in [-0.4, -0.2) is 50.7 Å². The van der Waals surface area contributed by atoms with Gasteiger partial charge in [0.1, 0.15) is 5.75 Å². The van der Waals surface area contributed by atoms with E-state index in [0.717, 1.165) is 0 Å². The molecule has 0 bridgehead atoms. The van der Waals surface area contributed by atoms with Crippen molar-refractivity contribution in [2.75, 3.05) is 38.8 Å². The average Bonchev–Trinajstić information content (AvgIpc) is 2.45. The zero-order chi connectivity index (χ0) is 13.7. The number of carbonyl (C=O) groups is 1. The minimum atomic E-state index is -0.981. The second-order valence-electron chi connectivity index (χ2n) is 4.17. The van der Waals surface area contributed by atoms with Gasteiger partial charge in [-0.3, -0.25) is 0 Å². The first kappa shape index (κ1) is 13.6. The highest BCUT2D eigenvalue weighted by Crippen LogP contribution is 2.22. The van der Waals surface area contributed by atoms with Crippen LogP contribution in [0, 0.1) is 0 Å². The van der Waals surface area contributed by atoms with Gasteiger partial charge in [-0.25, -0.2) is 4.79 Å². The van der Waals surface area contributed by atoms with Gasteiger partial charge in [-0.05, 0) is 12.1 Å². The molecule has 2 N–H and O–H groups in total. The lowest BCUT2D eigenvalue weighted by atomic mass is 10.1. The topological polar surface area (TPSA) is 77.0 Å². The molecular weight excluding hydrogens is 250 g/mol. The van der Waals surface area contributed by atoms with Crippen LogP contribution in [-0.2, 0) is 9.47 Å². The summed E-state index contributed by atoms with van der Waals surface area (Å²) in [5, 5.41) is 12.2. The van der Waals surface area contributed by atoms with E-state index < -0.39 is 5.97 Å². The lowest BCUT2D eigenvalue weighted by Crippen LogP contribution is -2.34. The Morgan fingerprint density at radius 3 is 3.00 bits per heavy atom. The lowest BCUT2D eigenvalue weighted by molar-refractivity contribution is -0.0818. The zero-order valence-electron chi connectivity index (χ0n) is 10.7. The maximum absolute atomic E-state index is 11.1. The molecule has 1 atom stereocenters. The molecule has 6 nitrogen and oxygen atoms in total. The molecular formula is C13H17NO5. The van der Waals surface area contributed by atoms with Gasteiger partial charge in [0.2, 0.25) is 0 Å². The maximum atomic E-state index is 11.1. The van der Waals surface area contributed by atoms with Crippen LogP contribution in [0.2, 0.25) is 0 Å². The van der Waals surface area contributed by atoms with Crippen molar-refractivity contribution < 1.29 is 24.1 Å². The molecule has 1 unspecified atom stereocenters. The van der Waals surface area contributed by atoms with Crippen molar-refractivity contribution in [1.29, 1.82) is 0 Å². The third-order valence-corrected chi connectivity index (χ3v) is 2.86. The number of nitrogens with one attached hydrogen (secondary N) is 1. The van der Waals surface area contributed by atoms with Crippen LogP contribution < -0.4 is 10.1 Å². The number of hydrogen-bond acceptors (Lipinski definition) is 5. The smallest absolute Gasteiger partial charge is 0.337 e. The fourth-order valence-corrected chi connectivity index (χ4v) is 1.86. The summed E-state index contributed by atoms with van der Waals surface area (Å²) in [5.74, 6) is -0.376. The average molecular weight is 267 g/mol. The van der Waals surface area contributed by atoms with Crippen molar-refractivity contribution in [1.82, 2.24) is 0 Å². The first-order valence-electron chi connectivity index (χ1n) is 6.05. The molecule has 2 rings (SSSR count). The van der Waals surface area contributed by atoms with E-state index in [1.165, 1.54) is 13.2 Å². The number of hydrogen-bond donors (Lipinski definition) is 2. The number of carboxylic acid groups (broad SMARTS) is 1. The number of ether oxygens (including phenoxy) is 3. The second kappa shape index (κ2) is 6.40. The molecule has 1 aromatic rings. The summed E-state index contributed by atoms with van der Waals surface area (Å²) in [7, 11) is 1.54. The predicted octanol–water partition coefficient (Wildman–Crippen LogP) is 1.22. The van der Waals surface area contributed by atoms with Gasteiger partial charge >= 0.3 is 5.97 Å². The van der Waals surface area contributed by atoms with Gasteiger partial charge in [0.05, 0.1) is 44.3 Å². The molecule has 1 heterocycles. The summed E-state index contributed by atoms with van der Waals surface area (Å²) < 4.78 is 15.9. The van der Waals surface area contributed by atoms with Gasteiger partial charge in [-0.15, -0.1) is 0 Å². The molecule has 19 heavy (non-hydrogen) atoms. The molecule has 0 amide bonds. The number of methoxy groups -OCH3 is 1. The van der Waals surface area contributed by atoms with Gasteiger partial charge < -0.3 is 24.6 Å². The largest absolute Gasteiger partial charge is 0.497 e. The van der Waals surface area contributed by atoms with Gasteiger partial charge in [-0.2, -0.15) is 0 Å². The molecule has 0 aromatic heterocycles. The Balaban J connectivity index is 2.06. The predicted molar refractivity (Wildman–Crippen MR) is 69.0 cm³/mol. The van der Waals surface area contributed by atoms with Crippen LogP contribution in [0.4, 0.5) is 5.69 Å². The van der Waals surface area contributed by atoms with Gasteiger partial charge in [-0.1, -0.05) is 0 Å². The van der Waals surface area contributed by atoms with Crippen LogP contribution in [0.25, 0.3) is 0 Å². The van der Waals surface area contributed by atoms with Gasteiger partial charge in [0, 0.05) is 12.6 Å². The van der Waals surface area contributed by atoms with E-state index in [4.69, 9.17) is 19.3 Å². The number of anilines is 1. The normalized spacial score (nSPS) is 18.9. The highest BCUT2D eigenvalue weighted by atomic mass is 16.6. The number of rotatable bonds is 5. The van der Waals surface area contributed by atoms with E-state index in [1.54, 1.807) is 12.1 Å². The fraction of sp³-hybridized carbons (Fsp3) is 0.462. The molecule has 0 radical (unpaired) electrons. The Kier molecular flexibility index (Phi) is 4.59. The monoisotopic (exact) mass is 267 g/mol. The molecule has 104 valence electrons. The molecule has 0 spiro atoms. The van der Waals surface area contributed by atoms with Crippen LogP contribution in [0.1, 0.15) is 10.4 Å². The summed E-state index contributed by atoms with van der Waals surface area (Å²) in [4.78, 5) is 11.1. The second-order valence-corrected chi connectivity index (χ2v) is 4.17. The van der Waals surface area contributed by atoms with Crippen LogP contribution >= 0.6 is 0 Å². The van der Waals surface area contributed by atoms with Crippen molar-refractivity contribution in [2.24, 2.45) is 0 Å². The van der Waals surface area contributed by atoms with Crippen molar-refractivity contribution in [2.45, 2.75) is 6.10 Å². The Morgan fingerprint density at radius 2 is 2.37 bits per heavy atom. The third kappa shape index (κ3) is 3.59. The number of carboxylic acids is 1. The summed E-state index contributed by atoms with van der Waals surface area (Å²) in [5.41, 5.74) is 0.721.